The average molecular weight is 1940 g/mol. The summed E-state index contributed by atoms with van der Waals surface area (Å²) in [6, 6.07) is 99.4. The quantitative estimate of drug-likeness (QED) is 0.0948. The lowest BCUT2D eigenvalue weighted by Crippen LogP contribution is -2.26. The van der Waals surface area contributed by atoms with Crippen molar-refractivity contribution in [1.82, 2.24) is 4.98 Å². The van der Waals surface area contributed by atoms with Crippen LogP contribution in [0.25, 0.3) is 187 Å². The molecule has 0 saturated carbocycles. The summed E-state index contributed by atoms with van der Waals surface area (Å²) in [6.45, 7) is 6.58. The van der Waals surface area contributed by atoms with Gasteiger partial charge in [0.25, 0.3) is 0 Å². The largest absolute Gasteiger partial charge is 0.456 e. The molecule has 4 aromatic heterocycles. The number of hydrogen-bond donors (Lipinski definition) is 0. The number of hydrogen-bond acceptors (Lipinski definition) is 7. The summed E-state index contributed by atoms with van der Waals surface area (Å²) in [6.07, 6.45) is 3.44. The van der Waals surface area contributed by atoms with Gasteiger partial charge in [0.15, 0.2) is 0 Å². The zero-order chi connectivity index (χ0) is 124. The summed E-state index contributed by atoms with van der Waals surface area (Å²) >= 11 is 0. The molecule has 23 aromatic carbocycles. The van der Waals surface area contributed by atoms with Gasteiger partial charge < -0.3 is 28.0 Å². The van der Waals surface area contributed by atoms with Crippen LogP contribution in [-0.2, 0) is 10.8 Å². The SMILES string of the molecule is [2H]c1c([2H])c([2H])c(-c2c([2H])c([2H])c(N(c3cccc(-c4ccccc4)c3)c3ccc(-c4c([2H])c([2H])c([2H])c([2H])c4[2H])c4oc5ccccc5c34)c([2H])c2[2H])c([2H])c1[2H].[2H]c1c([2H])c([2H])c(-c2ccc(N(c3ccc4c(c3)C3(c5ccccc5-c5ccccc53)c3cc(-c5ccc6oc7ccccc7c6c5)ccc3-4)c3c([2H])c([2H])c([2H])c([2H])c3[2H])c3ccccc23)c([2H])c1[2H].[2H]c1c([2H])c([2H])c(N(c2cncc(-c3ccc4oc5ccc(C(C)(C)C)cc5c4c3)c2)c2ccc3ccc4ccccc4c3c2)c([2H])c1[2H]. The lowest BCUT2D eigenvalue weighted by atomic mass is 9.70. The van der Waals surface area contributed by atoms with Crippen molar-refractivity contribution in [2.24, 2.45) is 0 Å². The summed E-state index contributed by atoms with van der Waals surface area (Å²) in [5, 5.41) is 10.3. The highest BCUT2D eigenvalue weighted by atomic mass is 16.3. The van der Waals surface area contributed by atoms with E-state index in [4.69, 9.17) is 44.8 Å². The van der Waals surface area contributed by atoms with Crippen LogP contribution >= 0.6 is 0 Å². The van der Waals surface area contributed by atoms with E-state index in [0.29, 0.717) is 61.1 Å². The van der Waals surface area contributed by atoms with E-state index in [-0.39, 0.29) is 74.6 Å². The van der Waals surface area contributed by atoms with Crippen molar-refractivity contribution in [3.63, 3.8) is 0 Å². The summed E-state index contributed by atoms with van der Waals surface area (Å²) in [4.78, 5) is 9.59. The third-order valence-electron chi connectivity index (χ3n) is 28.3. The number of nitrogens with zero attached hydrogens (tertiary/aromatic N) is 4. The Morgan fingerprint density at radius 1 is 0.221 bits per heavy atom. The number of furan rings is 3. The lowest BCUT2D eigenvalue weighted by Gasteiger charge is -2.32. The number of anilines is 9. The zero-order valence-electron chi connectivity index (χ0n) is 109. The molecule has 149 heavy (non-hydrogen) atoms. The maximum Gasteiger partial charge on any atom is 0.145 e. The van der Waals surface area contributed by atoms with E-state index >= 15 is 0 Å². The van der Waals surface area contributed by atoms with E-state index in [0.717, 1.165) is 143 Å². The third kappa shape index (κ3) is 15.6. The van der Waals surface area contributed by atoms with Crippen LogP contribution in [0.15, 0.2) is 553 Å². The second kappa shape index (κ2) is 36.9. The highest BCUT2D eigenvalue weighted by Gasteiger charge is 2.52. The molecule has 0 unspecified atom stereocenters. The molecule has 2 aliphatic carbocycles. The molecule has 0 radical (unpaired) electrons. The van der Waals surface area contributed by atoms with Crippen LogP contribution in [0.1, 0.15) is 88.3 Å². The Morgan fingerprint density at radius 2 is 0.658 bits per heavy atom. The van der Waals surface area contributed by atoms with E-state index in [1.54, 1.807) is 88.9 Å². The van der Waals surface area contributed by atoms with Gasteiger partial charge in [0.1, 0.15) is 33.5 Å². The Labute approximate surface area is 905 Å². The van der Waals surface area contributed by atoms with Crippen molar-refractivity contribution in [1.29, 1.82) is 0 Å². The molecule has 0 aliphatic heterocycles. The van der Waals surface area contributed by atoms with Crippen molar-refractivity contribution in [2.45, 2.75) is 31.6 Å². The molecule has 0 bridgehead atoms. The Morgan fingerprint density at radius 3 is 1.34 bits per heavy atom. The molecule has 7 heteroatoms. The standard InChI is InChI=1S/C59H37NO.C42H29NO.C41H32N2O/c1-3-15-38(16-4-1)43-32-33-56(49-22-8-7-19-44(43)49)60(41-17-5-2-6-18-41)42-29-31-48-47-30-27-40(39-28-34-58-51(35-39)50-23-11-14-26-57(50)61-58)36-54(47)59(55(48)37-42)52-24-12-9-20-45(52)46-21-10-13-25-53(46)59;1-4-13-30(14-5-1)32-23-25-35(26-24-32)43(36-20-12-19-34(29-36)31-15-6-2-7-16-31)39-28-27-37(33-17-8-3-9-18-33)42-41(39)38-21-10-11-22-40(38)44-42;1-41(2,3)31-17-20-40-38(23-31)37-22-29(16-19-39(37)44-40)30-21-34(26-42-25-30)43(32-10-5-4-6-11-32)33-18-15-28-14-13-27-9-7-8-12-35(27)36(28)24-33/h1-37H;1-29H;4-26H,1-3H3/i1D,2D,3D,4D,5D,6D,15D,16D,17D,18D;1D,3D,4D,5D,8D,9D,13D,14D,17D,18D,23D,24D,25D,26D;4D,5D,6D,10D,11D. The van der Waals surface area contributed by atoms with E-state index < -0.39 is 168 Å². The number of fused-ring (bicyclic) bond motifs is 23. The zero-order valence-corrected chi connectivity index (χ0v) is 80.2. The number of rotatable bonds is 15. The van der Waals surface area contributed by atoms with Gasteiger partial charge in [-0.3, -0.25) is 4.98 Å². The van der Waals surface area contributed by atoms with Crippen LogP contribution in [0.4, 0.5) is 51.2 Å². The number of benzene rings is 23. The molecular formula is C142H98N4O3. The number of para-hydroxylation sites is 4. The first-order valence-corrected chi connectivity index (χ1v) is 48.8. The lowest BCUT2D eigenvalue weighted by molar-refractivity contribution is 0.590. The molecule has 27 aromatic rings. The molecule has 0 amide bonds. The summed E-state index contributed by atoms with van der Waals surface area (Å²) in [5.41, 5.74) is 20.1. The molecule has 7 nitrogen and oxygen atoms in total. The van der Waals surface area contributed by atoms with Crippen LogP contribution in [0.2, 0.25) is 0 Å². The van der Waals surface area contributed by atoms with Gasteiger partial charge in [0.2, 0.25) is 0 Å². The number of aromatic nitrogens is 1. The van der Waals surface area contributed by atoms with Crippen LogP contribution in [0.3, 0.4) is 0 Å². The fraction of sp³-hybridized carbons (Fsp3) is 0.0352. The van der Waals surface area contributed by atoms with Crippen molar-refractivity contribution in [2.75, 3.05) is 14.7 Å². The second-order valence-corrected chi connectivity index (χ2v) is 37.7. The van der Waals surface area contributed by atoms with Crippen LogP contribution < -0.4 is 14.7 Å². The Balaban J connectivity index is 0.000000128. The van der Waals surface area contributed by atoms with Gasteiger partial charge in [0, 0.05) is 83.8 Å². The van der Waals surface area contributed by atoms with Crippen molar-refractivity contribution >= 4 is 149 Å². The molecule has 0 N–H and O–H groups in total. The van der Waals surface area contributed by atoms with Gasteiger partial charge in [-0.2, -0.15) is 0 Å². The normalized spacial score (nSPS) is 14.9. The first-order chi connectivity index (χ1) is 85.5. The van der Waals surface area contributed by atoms with Crippen molar-refractivity contribution < 1.29 is 53.0 Å². The number of pyridine rings is 1. The Hall–Kier alpha value is -19.2. The highest BCUT2D eigenvalue weighted by molar-refractivity contribution is 6.18. The average Bonchev–Trinajstić information content (AvgIpc) is 1.50. The minimum Gasteiger partial charge on any atom is -0.456 e. The van der Waals surface area contributed by atoms with Gasteiger partial charge in [0.05, 0.1) is 73.8 Å². The van der Waals surface area contributed by atoms with Gasteiger partial charge >= 0.3 is 0 Å². The minimum atomic E-state index is -0.852. The van der Waals surface area contributed by atoms with Crippen molar-refractivity contribution in [3.05, 3.63) is 567 Å². The molecule has 2 aliphatic rings. The Kier molecular flexibility index (Phi) is 15.6. The summed E-state index contributed by atoms with van der Waals surface area (Å²) in [7, 11) is 0. The Bertz CT molecular complexity index is 11600. The van der Waals surface area contributed by atoms with Gasteiger partial charge in [-0.05, 0) is 290 Å². The fourth-order valence-electron chi connectivity index (χ4n) is 21.5. The highest BCUT2D eigenvalue weighted by Crippen LogP contribution is 2.65. The predicted molar refractivity (Wildman–Crippen MR) is 623 cm³/mol. The van der Waals surface area contributed by atoms with E-state index in [9.17, 15) is 8.22 Å². The molecule has 0 fully saturated rings. The maximum absolute atomic E-state index is 9.48. The van der Waals surface area contributed by atoms with Crippen LogP contribution in [-0.4, -0.2) is 4.98 Å². The molecule has 704 valence electrons. The smallest absolute Gasteiger partial charge is 0.145 e. The third-order valence-corrected chi connectivity index (χ3v) is 28.3. The molecular weight excluding hydrogens is 1810 g/mol. The molecule has 29 rings (SSSR count). The van der Waals surface area contributed by atoms with Crippen LogP contribution in [0, 0.1) is 0 Å². The molecule has 1 spiro atoms. The molecule has 4 heterocycles. The van der Waals surface area contributed by atoms with E-state index in [2.05, 4.69) is 165 Å². The second-order valence-electron chi connectivity index (χ2n) is 37.7. The predicted octanol–water partition coefficient (Wildman–Crippen LogP) is 39.7. The molecule has 0 saturated heterocycles. The monoisotopic (exact) mass is 1940 g/mol. The first kappa shape index (κ1) is 63.0. The maximum atomic E-state index is 9.48. The first-order valence-electron chi connectivity index (χ1n) is 63.3. The van der Waals surface area contributed by atoms with E-state index in [1.165, 1.54) is 16.5 Å². The topological polar surface area (TPSA) is 62.0 Å². The minimum absolute atomic E-state index is 0.0183. The van der Waals surface area contributed by atoms with Gasteiger partial charge in [-0.15, -0.1) is 0 Å². The van der Waals surface area contributed by atoms with E-state index in [1.807, 2.05) is 140 Å². The van der Waals surface area contributed by atoms with Crippen LogP contribution in [0.5, 0.6) is 0 Å². The van der Waals surface area contributed by atoms with Gasteiger partial charge in [-0.25, -0.2) is 0 Å². The van der Waals surface area contributed by atoms with Gasteiger partial charge in [-0.1, -0.05) is 396 Å². The molecule has 0 atom stereocenters. The summed E-state index contributed by atoms with van der Waals surface area (Å²) < 4.78 is 272. The summed E-state index contributed by atoms with van der Waals surface area (Å²) in [5.74, 6) is 0. The fourth-order valence-corrected chi connectivity index (χ4v) is 21.5. The van der Waals surface area contributed by atoms with Crippen molar-refractivity contribution in [3.8, 4) is 89.0 Å².